The summed E-state index contributed by atoms with van der Waals surface area (Å²) in [6, 6.07) is 0. The van der Waals surface area contributed by atoms with Gasteiger partial charge in [0.1, 0.15) is 0 Å². The minimum Gasteiger partial charge on any atom is -0.377 e. The van der Waals surface area contributed by atoms with E-state index < -0.39 is 0 Å². The van der Waals surface area contributed by atoms with E-state index in [-0.39, 0.29) is 0 Å². The van der Waals surface area contributed by atoms with Gasteiger partial charge >= 0.3 is 0 Å². The molecule has 90 valence electrons. The first-order valence-electron chi connectivity index (χ1n) is 6.19. The van der Waals surface area contributed by atoms with Crippen molar-refractivity contribution in [1.29, 1.82) is 0 Å². The van der Waals surface area contributed by atoms with Gasteiger partial charge in [0.15, 0.2) is 0 Å². The molecule has 0 aromatic heterocycles. The molecule has 1 N–H and O–H groups in total. The minimum absolute atomic E-state index is 0.359. The van der Waals surface area contributed by atoms with E-state index in [9.17, 15) is 0 Å². The second kappa shape index (κ2) is 7.20. The van der Waals surface area contributed by atoms with Crippen molar-refractivity contribution in [3.8, 4) is 0 Å². The van der Waals surface area contributed by atoms with Gasteiger partial charge in [0.25, 0.3) is 0 Å². The number of hydrogen-bond acceptors (Lipinski definition) is 3. The fourth-order valence-corrected chi connectivity index (χ4v) is 2.04. The Morgan fingerprint density at radius 1 is 1.33 bits per heavy atom. The molecule has 3 heteroatoms. The minimum atomic E-state index is 0.359. The van der Waals surface area contributed by atoms with E-state index in [2.05, 4.69) is 31.1 Å². The average molecular weight is 214 g/mol. The number of ether oxygens (including phenoxy) is 1. The van der Waals surface area contributed by atoms with Crippen LogP contribution in [0.4, 0.5) is 0 Å². The van der Waals surface area contributed by atoms with Crippen molar-refractivity contribution in [2.24, 2.45) is 5.92 Å². The van der Waals surface area contributed by atoms with Crippen LogP contribution in [0.5, 0.6) is 0 Å². The molecule has 0 aromatic carbocycles. The maximum Gasteiger partial charge on any atom is 0.0596 e. The Labute approximate surface area is 94.2 Å². The van der Waals surface area contributed by atoms with Crippen LogP contribution >= 0.6 is 0 Å². The van der Waals surface area contributed by atoms with Crippen LogP contribution < -0.4 is 5.32 Å². The number of likely N-dealkylation sites (N-methyl/N-ethyl adjacent to an activating group) is 1. The Morgan fingerprint density at radius 3 is 2.60 bits per heavy atom. The number of nitrogens with zero attached hydrogens (tertiary/aromatic N) is 1. The topological polar surface area (TPSA) is 24.5 Å². The monoisotopic (exact) mass is 214 g/mol. The van der Waals surface area contributed by atoms with E-state index in [0.29, 0.717) is 6.10 Å². The molecule has 0 aromatic rings. The van der Waals surface area contributed by atoms with Crippen molar-refractivity contribution in [3.05, 3.63) is 0 Å². The summed E-state index contributed by atoms with van der Waals surface area (Å²) in [5, 5.41) is 3.40. The summed E-state index contributed by atoms with van der Waals surface area (Å²) in [4.78, 5) is 2.40. The summed E-state index contributed by atoms with van der Waals surface area (Å²) in [5.41, 5.74) is 0. The fourth-order valence-electron chi connectivity index (χ4n) is 2.04. The Morgan fingerprint density at radius 2 is 2.00 bits per heavy atom. The van der Waals surface area contributed by atoms with Gasteiger partial charge in [0.05, 0.1) is 12.7 Å². The highest BCUT2D eigenvalue weighted by atomic mass is 16.5. The maximum atomic E-state index is 5.55. The SMILES string of the molecule is CC(C)OCCN(C)CC1CCNCC1. The number of nitrogens with one attached hydrogen (secondary N) is 1. The van der Waals surface area contributed by atoms with Gasteiger partial charge < -0.3 is 15.0 Å². The molecule has 1 aliphatic heterocycles. The number of hydrogen-bond donors (Lipinski definition) is 1. The predicted octanol–water partition coefficient (Wildman–Crippen LogP) is 1.34. The molecule has 1 aliphatic rings. The van der Waals surface area contributed by atoms with E-state index in [4.69, 9.17) is 4.74 Å². The average Bonchev–Trinajstić information content (AvgIpc) is 2.18. The van der Waals surface area contributed by atoms with Crippen LogP contribution in [0.3, 0.4) is 0 Å². The molecular formula is C12H26N2O. The first-order chi connectivity index (χ1) is 7.18. The molecule has 0 unspecified atom stereocenters. The summed E-state index contributed by atoms with van der Waals surface area (Å²) in [6.45, 7) is 9.71. The van der Waals surface area contributed by atoms with Crippen molar-refractivity contribution >= 4 is 0 Å². The smallest absolute Gasteiger partial charge is 0.0596 e. The summed E-state index contributed by atoms with van der Waals surface area (Å²) < 4.78 is 5.55. The molecule has 3 nitrogen and oxygen atoms in total. The zero-order valence-electron chi connectivity index (χ0n) is 10.5. The van der Waals surface area contributed by atoms with Crippen LogP contribution in [0, 0.1) is 5.92 Å². The molecule has 1 rings (SSSR count). The quantitative estimate of drug-likeness (QED) is 0.722. The van der Waals surface area contributed by atoms with Gasteiger partial charge in [0.2, 0.25) is 0 Å². The van der Waals surface area contributed by atoms with E-state index in [0.717, 1.165) is 19.1 Å². The highest BCUT2D eigenvalue weighted by Crippen LogP contribution is 2.12. The summed E-state index contributed by atoms with van der Waals surface area (Å²) in [7, 11) is 2.20. The molecule has 1 fully saturated rings. The standard InChI is InChI=1S/C12H26N2O/c1-11(2)15-9-8-14(3)10-12-4-6-13-7-5-12/h11-13H,4-10H2,1-3H3. The van der Waals surface area contributed by atoms with Crippen molar-refractivity contribution in [1.82, 2.24) is 10.2 Å². The Balaban J connectivity index is 2.03. The third kappa shape index (κ3) is 6.13. The van der Waals surface area contributed by atoms with Gasteiger partial charge in [-0.25, -0.2) is 0 Å². The Bertz CT molecular complexity index is 156. The molecule has 0 bridgehead atoms. The number of piperidine rings is 1. The van der Waals surface area contributed by atoms with Gasteiger partial charge in [-0.1, -0.05) is 0 Å². The Hall–Kier alpha value is -0.120. The summed E-state index contributed by atoms with van der Waals surface area (Å²) in [5.74, 6) is 0.885. The molecule has 1 saturated heterocycles. The fraction of sp³-hybridized carbons (Fsp3) is 1.00. The van der Waals surface area contributed by atoms with Gasteiger partial charge in [0, 0.05) is 13.1 Å². The molecular weight excluding hydrogens is 188 g/mol. The van der Waals surface area contributed by atoms with Crippen molar-refractivity contribution in [2.45, 2.75) is 32.8 Å². The van der Waals surface area contributed by atoms with Gasteiger partial charge in [-0.15, -0.1) is 0 Å². The second-order valence-corrected chi connectivity index (χ2v) is 4.88. The van der Waals surface area contributed by atoms with Crippen molar-refractivity contribution < 1.29 is 4.74 Å². The van der Waals surface area contributed by atoms with Gasteiger partial charge in [-0.05, 0) is 52.7 Å². The molecule has 15 heavy (non-hydrogen) atoms. The lowest BCUT2D eigenvalue weighted by Gasteiger charge is -2.27. The first kappa shape index (κ1) is 12.9. The highest BCUT2D eigenvalue weighted by Gasteiger charge is 2.14. The zero-order chi connectivity index (χ0) is 11.1. The first-order valence-corrected chi connectivity index (χ1v) is 6.19. The van der Waals surface area contributed by atoms with Crippen molar-refractivity contribution in [3.63, 3.8) is 0 Å². The van der Waals surface area contributed by atoms with Crippen LogP contribution in [0.2, 0.25) is 0 Å². The third-order valence-electron chi connectivity index (χ3n) is 2.95. The van der Waals surface area contributed by atoms with Crippen molar-refractivity contribution in [2.75, 3.05) is 39.8 Å². The largest absolute Gasteiger partial charge is 0.377 e. The van der Waals surface area contributed by atoms with E-state index in [1.54, 1.807) is 0 Å². The predicted molar refractivity (Wildman–Crippen MR) is 64.2 cm³/mol. The van der Waals surface area contributed by atoms with Crippen LogP contribution in [-0.2, 0) is 4.74 Å². The molecule has 0 atom stereocenters. The van der Waals surface area contributed by atoms with Gasteiger partial charge in [-0.3, -0.25) is 0 Å². The lowest BCUT2D eigenvalue weighted by molar-refractivity contribution is 0.0602. The van der Waals surface area contributed by atoms with Crippen LogP contribution in [0.15, 0.2) is 0 Å². The number of rotatable bonds is 6. The maximum absolute atomic E-state index is 5.55. The molecule has 0 amide bonds. The lowest BCUT2D eigenvalue weighted by atomic mass is 9.98. The highest BCUT2D eigenvalue weighted by molar-refractivity contribution is 4.71. The molecule has 0 spiro atoms. The Kier molecular flexibility index (Phi) is 6.22. The molecule has 0 aliphatic carbocycles. The van der Waals surface area contributed by atoms with E-state index in [1.165, 1.54) is 32.5 Å². The molecule has 1 heterocycles. The second-order valence-electron chi connectivity index (χ2n) is 4.88. The molecule has 0 saturated carbocycles. The summed E-state index contributed by atoms with van der Waals surface area (Å²) >= 11 is 0. The lowest BCUT2D eigenvalue weighted by Crippen LogP contribution is -2.35. The van der Waals surface area contributed by atoms with E-state index in [1.807, 2.05) is 0 Å². The van der Waals surface area contributed by atoms with E-state index >= 15 is 0 Å². The van der Waals surface area contributed by atoms with Crippen LogP contribution in [0.1, 0.15) is 26.7 Å². The summed E-state index contributed by atoms with van der Waals surface area (Å²) in [6.07, 6.45) is 3.02. The van der Waals surface area contributed by atoms with Crippen LogP contribution in [0.25, 0.3) is 0 Å². The van der Waals surface area contributed by atoms with Gasteiger partial charge in [-0.2, -0.15) is 0 Å². The van der Waals surface area contributed by atoms with Crippen LogP contribution in [-0.4, -0.2) is 50.8 Å². The molecule has 0 radical (unpaired) electrons. The normalized spacial score (nSPS) is 19.0. The zero-order valence-corrected chi connectivity index (χ0v) is 10.5. The third-order valence-corrected chi connectivity index (χ3v) is 2.95.